The van der Waals surface area contributed by atoms with Gasteiger partial charge in [-0.1, -0.05) is 19.3 Å². The van der Waals surface area contributed by atoms with Crippen LogP contribution in [0, 0.1) is 5.92 Å². The highest BCUT2D eigenvalue weighted by molar-refractivity contribution is 7.92. The number of alkyl halides is 3. The van der Waals surface area contributed by atoms with E-state index < -0.39 is 20.2 Å². The smallest absolute Gasteiger partial charge is 0.351 e. The van der Waals surface area contributed by atoms with Crippen LogP contribution in [0.3, 0.4) is 0 Å². The zero-order chi connectivity index (χ0) is 25.2. The number of sulfone groups is 1. The first-order valence-electron chi connectivity index (χ1n) is 11.4. The first-order valence-corrected chi connectivity index (χ1v) is 12.9. The summed E-state index contributed by atoms with van der Waals surface area (Å²) in [7, 11) is -5.39. The lowest BCUT2D eigenvalue weighted by atomic mass is 9.88. The first-order chi connectivity index (χ1) is 16.6. The monoisotopic (exact) mass is 508 g/mol. The summed E-state index contributed by atoms with van der Waals surface area (Å²) in [5.74, 6) is 0.0352. The van der Waals surface area contributed by atoms with E-state index in [9.17, 15) is 26.4 Å². The molecule has 0 saturated heterocycles. The third-order valence-electron chi connectivity index (χ3n) is 6.45. The highest BCUT2D eigenvalue weighted by Gasteiger charge is 2.46. The van der Waals surface area contributed by atoms with E-state index in [1.807, 2.05) is 29.0 Å². The van der Waals surface area contributed by atoms with Crippen molar-refractivity contribution in [2.45, 2.75) is 56.0 Å². The minimum absolute atomic E-state index is 0.0168. The number of halogens is 3. The Labute approximate surface area is 202 Å². The van der Waals surface area contributed by atoms with Gasteiger partial charge in [-0.3, -0.25) is 9.78 Å². The van der Waals surface area contributed by atoms with Crippen molar-refractivity contribution >= 4 is 27.1 Å². The lowest BCUT2D eigenvalue weighted by Crippen LogP contribution is -2.28. The Balaban J connectivity index is 1.44. The number of hydrogen-bond donors (Lipinski definition) is 1. The van der Waals surface area contributed by atoms with E-state index in [-0.39, 0.29) is 11.8 Å². The van der Waals surface area contributed by atoms with Crippen LogP contribution >= 0.6 is 0 Å². The van der Waals surface area contributed by atoms with Crippen LogP contribution in [0.1, 0.15) is 44.6 Å². The van der Waals surface area contributed by atoms with Crippen LogP contribution in [0.2, 0.25) is 0 Å². The second kappa shape index (κ2) is 9.88. The van der Waals surface area contributed by atoms with Crippen molar-refractivity contribution in [1.29, 1.82) is 0 Å². The number of nitrogens with zero attached hydrogens (tertiary/aromatic N) is 3. The van der Waals surface area contributed by atoms with E-state index in [1.54, 1.807) is 12.4 Å². The summed E-state index contributed by atoms with van der Waals surface area (Å²) in [5.41, 5.74) is -2.31. The summed E-state index contributed by atoms with van der Waals surface area (Å²) in [6, 6.07) is 6.49. The van der Waals surface area contributed by atoms with Gasteiger partial charge in [-0.15, -0.1) is 0 Å². The van der Waals surface area contributed by atoms with Crippen LogP contribution < -0.4 is 10.2 Å². The zero-order valence-corrected chi connectivity index (χ0v) is 20.1. The molecule has 1 fully saturated rings. The molecule has 0 spiro atoms. The zero-order valence-electron chi connectivity index (χ0n) is 19.3. The van der Waals surface area contributed by atoms with Crippen LogP contribution in [0.25, 0.3) is 0 Å². The maximum atomic E-state index is 12.8. The summed E-state index contributed by atoms with van der Waals surface area (Å²) in [6.45, 7) is 2.81. The van der Waals surface area contributed by atoms with Gasteiger partial charge in [0.15, 0.2) is 0 Å². The molecular formula is C24H27F3N4O3S. The van der Waals surface area contributed by atoms with Crippen molar-refractivity contribution in [1.82, 2.24) is 9.88 Å². The van der Waals surface area contributed by atoms with Gasteiger partial charge in [0.05, 0.1) is 23.4 Å². The van der Waals surface area contributed by atoms with Crippen LogP contribution in [-0.4, -0.2) is 36.4 Å². The second-order valence-electron chi connectivity index (χ2n) is 8.88. The number of allylic oxidation sites excluding steroid dienone is 1. The van der Waals surface area contributed by atoms with E-state index in [0.29, 0.717) is 24.6 Å². The fourth-order valence-corrected chi connectivity index (χ4v) is 5.17. The maximum absolute atomic E-state index is 12.8. The summed E-state index contributed by atoms with van der Waals surface area (Å²) < 4.78 is 61.6. The van der Waals surface area contributed by atoms with Gasteiger partial charge >= 0.3 is 5.51 Å². The molecule has 188 valence electrons. The minimum atomic E-state index is -5.39. The average molecular weight is 509 g/mol. The van der Waals surface area contributed by atoms with Crippen molar-refractivity contribution in [3.8, 4) is 0 Å². The molecule has 7 nitrogen and oxygen atoms in total. The summed E-state index contributed by atoms with van der Waals surface area (Å²) in [4.78, 5) is 20.0. The number of carbonyl (C=O) groups excluding carboxylic acids is 1. The second-order valence-corrected chi connectivity index (χ2v) is 10.8. The molecule has 1 aliphatic heterocycles. The molecule has 1 saturated carbocycles. The Morgan fingerprint density at radius 2 is 1.80 bits per heavy atom. The molecule has 0 bridgehead atoms. The summed E-state index contributed by atoms with van der Waals surface area (Å²) >= 11 is 0. The fourth-order valence-electron chi connectivity index (χ4n) is 4.40. The molecule has 0 atom stereocenters. The van der Waals surface area contributed by atoms with Gasteiger partial charge in [-0.2, -0.15) is 13.2 Å². The molecular weight excluding hydrogens is 481 g/mol. The molecule has 0 unspecified atom stereocenters. The number of amides is 1. The third-order valence-corrected chi connectivity index (χ3v) is 7.96. The average Bonchev–Trinajstić information content (AvgIpc) is 3.20. The Bertz CT molecular complexity index is 1210. The number of rotatable bonds is 6. The molecule has 2 aromatic rings. The Morgan fingerprint density at radius 1 is 1.11 bits per heavy atom. The topological polar surface area (TPSA) is 82.6 Å². The van der Waals surface area contributed by atoms with Crippen LogP contribution in [0.5, 0.6) is 0 Å². The van der Waals surface area contributed by atoms with Crippen LogP contribution in [0.15, 0.2) is 59.5 Å². The SMILES string of the molecule is CC1=CN(c2ccc(S(=O)(=O)C(F)(F)F)cc2)CN1Cc1ccncc1NC(=O)C1CCCCC1. The summed E-state index contributed by atoms with van der Waals surface area (Å²) in [6.07, 6.45) is 10.2. The van der Waals surface area contributed by atoms with Crippen molar-refractivity contribution in [3.63, 3.8) is 0 Å². The Morgan fingerprint density at radius 3 is 2.46 bits per heavy atom. The number of anilines is 2. The molecule has 35 heavy (non-hydrogen) atoms. The fraction of sp³-hybridized carbons (Fsp3) is 0.417. The lowest BCUT2D eigenvalue weighted by Gasteiger charge is -2.25. The third kappa shape index (κ3) is 5.44. The standard InChI is InChI=1S/C24H27F3N4O3S/c1-17-14-31(20-7-9-21(10-8-20)35(33,34)24(25,26)27)16-30(17)15-19-11-12-28-13-22(19)29-23(32)18-5-3-2-4-6-18/h7-14,18H,2-6,15-16H2,1H3,(H,29,32). The van der Waals surface area contributed by atoms with Crippen molar-refractivity contribution in [2.24, 2.45) is 5.92 Å². The number of nitrogens with one attached hydrogen (secondary N) is 1. The molecule has 1 N–H and O–H groups in total. The number of benzene rings is 1. The van der Waals surface area contributed by atoms with Crippen LogP contribution in [0.4, 0.5) is 24.5 Å². The normalized spacial score (nSPS) is 17.4. The maximum Gasteiger partial charge on any atom is 0.501 e. The molecule has 0 radical (unpaired) electrons. The van der Waals surface area contributed by atoms with E-state index in [2.05, 4.69) is 10.3 Å². The van der Waals surface area contributed by atoms with E-state index in [0.717, 1.165) is 49.1 Å². The van der Waals surface area contributed by atoms with Gasteiger partial charge in [-0.05, 0) is 55.7 Å². The van der Waals surface area contributed by atoms with Crippen LogP contribution in [-0.2, 0) is 21.2 Å². The molecule has 1 amide bonds. The van der Waals surface area contributed by atoms with Gasteiger partial charge < -0.3 is 15.1 Å². The molecule has 1 aromatic heterocycles. The molecule has 2 heterocycles. The van der Waals surface area contributed by atoms with Gasteiger partial charge in [0.1, 0.15) is 0 Å². The number of pyridine rings is 1. The van der Waals surface area contributed by atoms with E-state index >= 15 is 0 Å². The van der Waals surface area contributed by atoms with E-state index in [4.69, 9.17) is 0 Å². The van der Waals surface area contributed by atoms with Gasteiger partial charge in [0.2, 0.25) is 5.91 Å². The van der Waals surface area contributed by atoms with Crippen molar-refractivity contribution < 1.29 is 26.4 Å². The first kappa shape index (κ1) is 25.0. The minimum Gasteiger partial charge on any atom is -0.351 e. The largest absolute Gasteiger partial charge is 0.501 e. The van der Waals surface area contributed by atoms with Gasteiger partial charge in [0, 0.05) is 36.2 Å². The number of carbonyl (C=O) groups is 1. The number of aromatic nitrogens is 1. The predicted octanol–water partition coefficient (Wildman–Crippen LogP) is 5.03. The molecule has 11 heteroatoms. The number of hydrogen-bond acceptors (Lipinski definition) is 6. The van der Waals surface area contributed by atoms with Gasteiger partial charge in [-0.25, -0.2) is 8.42 Å². The molecule has 1 aromatic carbocycles. The highest BCUT2D eigenvalue weighted by atomic mass is 32.2. The lowest BCUT2D eigenvalue weighted by molar-refractivity contribution is -0.120. The summed E-state index contributed by atoms with van der Waals surface area (Å²) in [5, 5.41) is 3.03. The van der Waals surface area contributed by atoms with E-state index in [1.165, 1.54) is 18.6 Å². The van der Waals surface area contributed by atoms with Gasteiger partial charge in [0.25, 0.3) is 9.84 Å². The molecule has 1 aliphatic carbocycles. The van der Waals surface area contributed by atoms with Crippen molar-refractivity contribution in [2.75, 3.05) is 16.9 Å². The predicted molar refractivity (Wildman–Crippen MR) is 126 cm³/mol. The molecule has 2 aliphatic rings. The Kier molecular flexibility index (Phi) is 7.07. The van der Waals surface area contributed by atoms with Crippen molar-refractivity contribution in [3.05, 3.63) is 60.2 Å². The quantitative estimate of drug-likeness (QED) is 0.589. The highest BCUT2D eigenvalue weighted by Crippen LogP contribution is 2.33. The Hall–Kier alpha value is -3.08. The molecule has 4 rings (SSSR count).